The smallest absolute Gasteiger partial charge is 0.0544 e. The predicted molar refractivity (Wildman–Crippen MR) is 103 cm³/mol. The van der Waals surface area contributed by atoms with Crippen molar-refractivity contribution in [3.8, 4) is 0 Å². The van der Waals surface area contributed by atoms with E-state index < -0.39 is 0 Å². The van der Waals surface area contributed by atoms with Crippen molar-refractivity contribution in [1.29, 1.82) is 0 Å². The Balaban J connectivity index is 1.56. The van der Waals surface area contributed by atoms with E-state index in [1.807, 2.05) is 0 Å². The second-order valence-electron chi connectivity index (χ2n) is 10.3. The van der Waals surface area contributed by atoms with Crippen molar-refractivity contribution in [3.05, 3.63) is 0 Å². The van der Waals surface area contributed by atoms with Crippen molar-refractivity contribution in [1.82, 2.24) is 0 Å². The standard InChI is InChI=1S/C22H40N2O/c1-3-4-14(2)18-7-8-19-17-6-5-15-13-16(25)9-11-21(15,23)20(17)10-12-22(18,19)24/h14-20,25H,3-13,23-24H2,1-2H3. The molecule has 4 aliphatic rings. The maximum Gasteiger partial charge on any atom is 0.0544 e. The second kappa shape index (κ2) is 6.49. The zero-order chi connectivity index (χ0) is 17.8. The number of nitrogens with two attached hydrogens (primary N) is 2. The monoisotopic (exact) mass is 348 g/mol. The number of hydrogen-bond donors (Lipinski definition) is 3. The molecule has 5 N–H and O–H groups in total. The van der Waals surface area contributed by atoms with Crippen molar-refractivity contribution in [2.24, 2.45) is 47.0 Å². The Labute approximate surface area is 154 Å². The summed E-state index contributed by atoms with van der Waals surface area (Å²) in [6, 6.07) is 0. The molecule has 144 valence electrons. The fourth-order valence-electron chi connectivity index (χ4n) is 8.15. The van der Waals surface area contributed by atoms with E-state index in [1.54, 1.807) is 0 Å². The van der Waals surface area contributed by atoms with Gasteiger partial charge in [-0.2, -0.15) is 0 Å². The molecule has 4 aliphatic carbocycles. The van der Waals surface area contributed by atoms with Gasteiger partial charge < -0.3 is 16.6 Å². The first-order chi connectivity index (χ1) is 11.9. The molecule has 0 radical (unpaired) electrons. The minimum Gasteiger partial charge on any atom is -0.393 e. The number of aliphatic hydroxyl groups is 1. The Kier molecular flexibility index (Phi) is 4.74. The summed E-state index contributed by atoms with van der Waals surface area (Å²) in [4.78, 5) is 0. The van der Waals surface area contributed by atoms with Crippen molar-refractivity contribution < 1.29 is 5.11 Å². The Hall–Kier alpha value is -0.120. The summed E-state index contributed by atoms with van der Waals surface area (Å²) in [5, 5.41) is 10.1. The number of fused-ring (bicyclic) bond motifs is 5. The molecular weight excluding hydrogens is 308 g/mol. The summed E-state index contributed by atoms with van der Waals surface area (Å²) >= 11 is 0. The fraction of sp³-hybridized carbons (Fsp3) is 1.00. The van der Waals surface area contributed by atoms with Crippen LogP contribution in [-0.2, 0) is 0 Å². The molecular formula is C22H40N2O. The van der Waals surface area contributed by atoms with Crippen molar-refractivity contribution in [3.63, 3.8) is 0 Å². The van der Waals surface area contributed by atoms with Gasteiger partial charge in [0, 0.05) is 11.1 Å². The van der Waals surface area contributed by atoms with Gasteiger partial charge in [0.1, 0.15) is 0 Å². The maximum atomic E-state index is 10.1. The van der Waals surface area contributed by atoms with E-state index >= 15 is 0 Å². The predicted octanol–water partition coefficient (Wildman–Crippen LogP) is 3.82. The summed E-state index contributed by atoms with van der Waals surface area (Å²) in [7, 11) is 0. The Morgan fingerprint density at radius 1 is 0.960 bits per heavy atom. The number of aliphatic hydroxyl groups excluding tert-OH is 1. The van der Waals surface area contributed by atoms with E-state index in [0.29, 0.717) is 17.8 Å². The van der Waals surface area contributed by atoms with Gasteiger partial charge in [0.2, 0.25) is 0 Å². The average Bonchev–Trinajstić information content (AvgIpc) is 2.93. The largest absolute Gasteiger partial charge is 0.393 e. The SMILES string of the molecule is CCCC(C)C1CCC2C3CCC4CC(O)CCC4(N)C3CCC12N. The normalized spacial score (nSPS) is 53.6. The summed E-state index contributed by atoms with van der Waals surface area (Å²) < 4.78 is 0. The quantitative estimate of drug-likeness (QED) is 0.726. The van der Waals surface area contributed by atoms with Crippen molar-refractivity contribution >= 4 is 0 Å². The molecule has 0 saturated heterocycles. The molecule has 0 amide bonds. The van der Waals surface area contributed by atoms with Gasteiger partial charge in [-0.25, -0.2) is 0 Å². The van der Waals surface area contributed by atoms with Crippen LogP contribution in [0, 0.1) is 35.5 Å². The van der Waals surface area contributed by atoms with Crippen LogP contribution in [0.2, 0.25) is 0 Å². The second-order valence-corrected chi connectivity index (χ2v) is 10.3. The highest BCUT2D eigenvalue weighted by Crippen LogP contribution is 2.61. The zero-order valence-electron chi connectivity index (χ0n) is 16.4. The number of rotatable bonds is 3. The van der Waals surface area contributed by atoms with Crippen LogP contribution < -0.4 is 11.5 Å². The van der Waals surface area contributed by atoms with Crippen LogP contribution in [0.15, 0.2) is 0 Å². The lowest BCUT2D eigenvalue weighted by atomic mass is 9.48. The molecule has 0 aromatic heterocycles. The molecule has 25 heavy (non-hydrogen) atoms. The lowest BCUT2D eigenvalue weighted by Crippen LogP contribution is -2.67. The molecule has 0 bridgehead atoms. The first kappa shape index (κ1) is 18.3. The van der Waals surface area contributed by atoms with Crippen molar-refractivity contribution in [2.75, 3.05) is 0 Å². The molecule has 0 spiro atoms. The molecule has 0 heterocycles. The van der Waals surface area contributed by atoms with Gasteiger partial charge in [0.25, 0.3) is 0 Å². The van der Waals surface area contributed by atoms with Crippen LogP contribution >= 0.6 is 0 Å². The van der Waals surface area contributed by atoms with E-state index in [2.05, 4.69) is 13.8 Å². The molecule has 9 atom stereocenters. The van der Waals surface area contributed by atoms with Gasteiger partial charge in [-0.1, -0.05) is 26.7 Å². The lowest BCUT2D eigenvalue weighted by Gasteiger charge is -2.60. The molecule has 3 heteroatoms. The first-order valence-corrected chi connectivity index (χ1v) is 11.2. The maximum absolute atomic E-state index is 10.1. The average molecular weight is 349 g/mol. The zero-order valence-corrected chi connectivity index (χ0v) is 16.4. The molecule has 3 nitrogen and oxygen atoms in total. The number of hydrogen-bond acceptors (Lipinski definition) is 3. The molecule has 4 rings (SSSR count). The Morgan fingerprint density at radius 3 is 2.44 bits per heavy atom. The van der Waals surface area contributed by atoms with E-state index in [1.165, 1.54) is 51.4 Å². The van der Waals surface area contributed by atoms with Crippen molar-refractivity contribution in [2.45, 2.75) is 102 Å². The van der Waals surface area contributed by atoms with E-state index in [4.69, 9.17) is 11.5 Å². The molecule has 4 fully saturated rings. The van der Waals surface area contributed by atoms with E-state index in [9.17, 15) is 5.11 Å². The van der Waals surface area contributed by atoms with E-state index in [0.717, 1.165) is 37.0 Å². The third-order valence-electron chi connectivity index (χ3n) is 9.29. The molecule has 4 saturated carbocycles. The van der Waals surface area contributed by atoms with Crippen LogP contribution in [0.3, 0.4) is 0 Å². The van der Waals surface area contributed by atoms with Crippen LogP contribution in [0.1, 0.15) is 84.5 Å². The van der Waals surface area contributed by atoms with Crippen LogP contribution in [0.25, 0.3) is 0 Å². The molecule has 0 aromatic carbocycles. The van der Waals surface area contributed by atoms with Gasteiger partial charge in [0.05, 0.1) is 6.10 Å². The third-order valence-corrected chi connectivity index (χ3v) is 9.29. The molecule has 0 aliphatic heterocycles. The summed E-state index contributed by atoms with van der Waals surface area (Å²) in [5.74, 6) is 4.13. The first-order valence-electron chi connectivity index (χ1n) is 11.2. The lowest BCUT2D eigenvalue weighted by molar-refractivity contribution is -0.0754. The van der Waals surface area contributed by atoms with E-state index in [-0.39, 0.29) is 17.2 Å². The van der Waals surface area contributed by atoms with Gasteiger partial charge in [0.15, 0.2) is 0 Å². The molecule has 9 unspecified atom stereocenters. The van der Waals surface area contributed by atoms with Gasteiger partial charge >= 0.3 is 0 Å². The highest BCUT2D eigenvalue weighted by Gasteiger charge is 2.61. The Morgan fingerprint density at radius 2 is 1.68 bits per heavy atom. The Bertz CT molecular complexity index is 496. The van der Waals surface area contributed by atoms with Gasteiger partial charge in [-0.15, -0.1) is 0 Å². The highest BCUT2D eigenvalue weighted by molar-refractivity contribution is 5.16. The highest BCUT2D eigenvalue weighted by atomic mass is 16.3. The summed E-state index contributed by atoms with van der Waals surface area (Å²) in [5.41, 5.74) is 14.4. The third kappa shape index (κ3) is 2.72. The summed E-state index contributed by atoms with van der Waals surface area (Å²) in [6.45, 7) is 4.75. The van der Waals surface area contributed by atoms with Crippen LogP contribution in [-0.4, -0.2) is 22.3 Å². The van der Waals surface area contributed by atoms with Gasteiger partial charge in [-0.05, 0) is 93.3 Å². The fourth-order valence-corrected chi connectivity index (χ4v) is 8.15. The minimum atomic E-state index is -0.110. The summed E-state index contributed by atoms with van der Waals surface area (Å²) in [6.07, 6.45) is 13.0. The minimum absolute atomic E-state index is 0.0173. The topological polar surface area (TPSA) is 72.3 Å². The molecule has 0 aromatic rings. The van der Waals surface area contributed by atoms with Gasteiger partial charge in [-0.3, -0.25) is 0 Å². The van der Waals surface area contributed by atoms with Crippen LogP contribution in [0.5, 0.6) is 0 Å². The van der Waals surface area contributed by atoms with Crippen LogP contribution in [0.4, 0.5) is 0 Å².